The molecule has 3 heterocycles. The van der Waals surface area contributed by atoms with Gasteiger partial charge >= 0.3 is 0 Å². The second kappa shape index (κ2) is 10.1. The molecule has 184 valence electrons. The first-order valence-electron chi connectivity index (χ1n) is 12.1. The topological polar surface area (TPSA) is 42.3 Å². The van der Waals surface area contributed by atoms with Gasteiger partial charge in [-0.15, -0.1) is 0 Å². The Morgan fingerprint density at radius 3 is 2.42 bits per heavy atom. The van der Waals surface area contributed by atoms with E-state index < -0.39 is 0 Å². The molecule has 0 radical (unpaired) electrons. The highest BCUT2D eigenvalue weighted by molar-refractivity contribution is 9.10. The van der Waals surface area contributed by atoms with E-state index >= 15 is 0 Å². The lowest BCUT2D eigenvalue weighted by Gasteiger charge is -2.28. The van der Waals surface area contributed by atoms with Crippen LogP contribution in [0.3, 0.4) is 0 Å². The molecule has 0 spiro atoms. The van der Waals surface area contributed by atoms with E-state index in [2.05, 4.69) is 87.0 Å². The number of aromatic nitrogens is 2. The number of aryl methyl sites for hydroxylation is 1. The van der Waals surface area contributed by atoms with E-state index in [1.165, 1.54) is 17.0 Å². The SMILES string of the molecule is Cc1cc([C@H]2[C@@H](c3ccccn3)NC(=S)N2c2ccc(OC(C)C)cc2)c(C)n1-c1cccc(Br)c1. The molecular weight excluding hydrogens is 532 g/mol. The fourth-order valence-corrected chi connectivity index (χ4v) is 5.74. The number of nitrogens with zero attached hydrogens (tertiary/aromatic N) is 3. The van der Waals surface area contributed by atoms with Crippen LogP contribution in [0.5, 0.6) is 5.75 Å². The summed E-state index contributed by atoms with van der Waals surface area (Å²) in [6.07, 6.45) is 1.96. The van der Waals surface area contributed by atoms with Crippen LogP contribution < -0.4 is 15.0 Å². The van der Waals surface area contributed by atoms with Crippen LogP contribution in [0.25, 0.3) is 5.69 Å². The zero-order chi connectivity index (χ0) is 25.4. The largest absolute Gasteiger partial charge is 0.491 e. The molecule has 1 saturated heterocycles. The summed E-state index contributed by atoms with van der Waals surface area (Å²) in [5.41, 5.74) is 6.64. The van der Waals surface area contributed by atoms with Gasteiger partial charge in [0, 0.05) is 33.4 Å². The van der Waals surface area contributed by atoms with Crippen molar-refractivity contribution in [1.29, 1.82) is 0 Å². The predicted octanol–water partition coefficient (Wildman–Crippen LogP) is 7.22. The summed E-state index contributed by atoms with van der Waals surface area (Å²) in [7, 11) is 0. The number of halogens is 1. The number of rotatable bonds is 6. The van der Waals surface area contributed by atoms with E-state index in [1.807, 2.05) is 50.4 Å². The smallest absolute Gasteiger partial charge is 0.174 e. The summed E-state index contributed by atoms with van der Waals surface area (Å²) in [4.78, 5) is 6.90. The van der Waals surface area contributed by atoms with Crippen molar-refractivity contribution in [3.63, 3.8) is 0 Å². The third-order valence-corrected chi connectivity index (χ3v) is 7.25. The molecule has 7 heteroatoms. The maximum atomic E-state index is 5.92. The minimum atomic E-state index is -0.0956. The Morgan fingerprint density at radius 1 is 0.972 bits per heavy atom. The molecule has 4 aromatic rings. The second-order valence-electron chi connectivity index (χ2n) is 9.30. The summed E-state index contributed by atoms with van der Waals surface area (Å²) in [5.74, 6) is 0.845. The highest BCUT2D eigenvalue weighted by atomic mass is 79.9. The lowest BCUT2D eigenvalue weighted by molar-refractivity contribution is 0.242. The van der Waals surface area contributed by atoms with E-state index in [0.29, 0.717) is 5.11 Å². The van der Waals surface area contributed by atoms with Crippen molar-refractivity contribution in [2.24, 2.45) is 0 Å². The summed E-state index contributed by atoms with van der Waals surface area (Å²) in [5, 5.41) is 4.25. The van der Waals surface area contributed by atoms with Gasteiger partial charge in [-0.2, -0.15) is 0 Å². The molecule has 1 aliphatic rings. The number of hydrogen-bond acceptors (Lipinski definition) is 3. The van der Waals surface area contributed by atoms with Crippen LogP contribution >= 0.6 is 28.1 Å². The van der Waals surface area contributed by atoms with Crippen molar-refractivity contribution in [3.05, 3.63) is 106 Å². The Balaban J connectivity index is 1.63. The standard InChI is InChI=1S/C29H29BrN4OS/c1-18(2)35-24-13-11-22(12-14-24)34-28(27(32-29(34)36)26-10-5-6-15-31-26)25-16-19(3)33(20(25)4)23-9-7-8-21(30)17-23/h5-18,27-28H,1-4H3,(H,32,36)/t27-,28+/m1/s1. The van der Waals surface area contributed by atoms with E-state index in [1.54, 1.807) is 0 Å². The molecule has 2 aromatic heterocycles. The first-order chi connectivity index (χ1) is 17.3. The van der Waals surface area contributed by atoms with Gasteiger partial charge < -0.3 is 19.5 Å². The van der Waals surface area contributed by atoms with Gasteiger partial charge in [0.25, 0.3) is 0 Å². The molecule has 2 atom stereocenters. The molecule has 1 aliphatic heterocycles. The van der Waals surface area contributed by atoms with Gasteiger partial charge in [0.15, 0.2) is 5.11 Å². The molecule has 1 N–H and O–H groups in total. The molecule has 2 aromatic carbocycles. The van der Waals surface area contributed by atoms with Crippen LogP contribution in [0.4, 0.5) is 5.69 Å². The zero-order valence-corrected chi connectivity index (χ0v) is 23.2. The fourth-order valence-electron chi connectivity index (χ4n) is 5.01. The second-order valence-corrected chi connectivity index (χ2v) is 10.6. The number of pyridine rings is 1. The van der Waals surface area contributed by atoms with Crippen molar-refractivity contribution in [2.45, 2.75) is 45.9 Å². The summed E-state index contributed by atoms with van der Waals surface area (Å²) in [6.45, 7) is 8.39. The minimum absolute atomic E-state index is 0.0728. The Bertz CT molecular complexity index is 1380. The van der Waals surface area contributed by atoms with Gasteiger partial charge in [0.2, 0.25) is 0 Å². The van der Waals surface area contributed by atoms with Crippen LogP contribution in [0, 0.1) is 13.8 Å². The molecule has 36 heavy (non-hydrogen) atoms. The van der Waals surface area contributed by atoms with Crippen molar-refractivity contribution in [1.82, 2.24) is 14.9 Å². The normalized spacial score (nSPS) is 17.5. The monoisotopic (exact) mass is 560 g/mol. The Hall–Kier alpha value is -3.16. The maximum Gasteiger partial charge on any atom is 0.174 e. The highest BCUT2D eigenvalue weighted by Crippen LogP contribution is 2.44. The summed E-state index contributed by atoms with van der Waals surface area (Å²) < 4.78 is 9.22. The number of nitrogens with one attached hydrogen (secondary N) is 1. The van der Waals surface area contributed by atoms with E-state index in [-0.39, 0.29) is 18.2 Å². The highest BCUT2D eigenvalue weighted by Gasteiger charge is 2.42. The van der Waals surface area contributed by atoms with Crippen molar-refractivity contribution in [2.75, 3.05) is 4.90 Å². The molecule has 5 nitrogen and oxygen atoms in total. The van der Waals surface area contributed by atoms with Gasteiger partial charge in [-0.25, -0.2) is 0 Å². The fraction of sp³-hybridized carbons (Fsp3) is 0.241. The molecule has 5 rings (SSSR count). The average Bonchev–Trinajstić information content (AvgIpc) is 3.35. The summed E-state index contributed by atoms with van der Waals surface area (Å²) in [6, 6.07) is 24.7. The number of ether oxygens (including phenoxy) is 1. The quantitative estimate of drug-likeness (QED) is 0.252. The van der Waals surface area contributed by atoms with Gasteiger partial charge in [0.05, 0.1) is 23.9 Å². The van der Waals surface area contributed by atoms with Crippen LogP contribution in [0.15, 0.2) is 83.5 Å². The van der Waals surface area contributed by atoms with Crippen LogP contribution in [0.1, 0.15) is 48.6 Å². The number of benzene rings is 2. The van der Waals surface area contributed by atoms with Crippen LogP contribution in [-0.2, 0) is 0 Å². The van der Waals surface area contributed by atoms with Crippen LogP contribution in [-0.4, -0.2) is 20.8 Å². The third-order valence-electron chi connectivity index (χ3n) is 6.44. The summed E-state index contributed by atoms with van der Waals surface area (Å²) >= 11 is 9.54. The van der Waals surface area contributed by atoms with Gasteiger partial charge in [-0.1, -0.05) is 28.1 Å². The average molecular weight is 562 g/mol. The lowest BCUT2D eigenvalue weighted by Crippen LogP contribution is -2.29. The maximum absolute atomic E-state index is 5.92. The van der Waals surface area contributed by atoms with Crippen molar-refractivity contribution < 1.29 is 4.74 Å². The Morgan fingerprint density at radius 2 is 1.75 bits per heavy atom. The molecule has 0 saturated carbocycles. The molecule has 0 bridgehead atoms. The Kier molecular flexibility index (Phi) is 6.86. The van der Waals surface area contributed by atoms with Gasteiger partial charge in [-0.05, 0) is 106 Å². The van der Waals surface area contributed by atoms with Crippen LogP contribution in [0.2, 0.25) is 0 Å². The lowest BCUT2D eigenvalue weighted by atomic mass is 9.96. The van der Waals surface area contributed by atoms with Crippen molar-refractivity contribution in [3.8, 4) is 11.4 Å². The van der Waals surface area contributed by atoms with Gasteiger partial charge in [-0.3, -0.25) is 4.98 Å². The van der Waals surface area contributed by atoms with E-state index in [0.717, 1.165) is 27.3 Å². The van der Waals surface area contributed by atoms with Crippen molar-refractivity contribution >= 4 is 38.9 Å². The minimum Gasteiger partial charge on any atom is -0.491 e. The predicted molar refractivity (Wildman–Crippen MR) is 153 cm³/mol. The first-order valence-corrected chi connectivity index (χ1v) is 13.3. The number of thiocarbonyl (C=S) groups is 1. The number of hydrogen-bond donors (Lipinski definition) is 1. The van der Waals surface area contributed by atoms with E-state index in [4.69, 9.17) is 21.9 Å². The molecule has 0 aliphatic carbocycles. The molecule has 1 fully saturated rings. The van der Waals surface area contributed by atoms with Gasteiger partial charge in [0.1, 0.15) is 5.75 Å². The molecule has 0 amide bonds. The molecule has 0 unspecified atom stereocenters. The zero-order valence-electron chi connectivity index (χ0n) is 20.8. The molecular formula is C29H29BrN4OS. The van der Waals surface area contributed by atoms with E-state index in [9.17, 15) is 0 Å². The first kappa shape index (κ1) is 24.5. The third kappa shape index (κ3) is 4.65. The number of anilines is 1. The Labute approximate surface area is 226 Å².